The lowest BCUT2D eigenvalue weighted by Gasteiger charge is -2.40. The van der Waals surface area contributed by atoms with Crippen LogP contribution in [0.25, 0.3) is 0 Å². The number of alkyl halides is 2. The SMILES string of the molecule is N#CC1CC(F)(c2ccc(Cl)cc2)C1.NC(=O)C1CC(F)(c2ccc(Cl)cc2)C1. The summed E-state index contributed by atoms with van der Waals surface area (Å²) < 4.78 is 28.1. The molecule has 2 aromatic rings. The standard InChI is InChI=1S/C11H11ClFNO.C11H9ClFN/c12-9-3-1-8(2-4-9)11(13)5-7(6-11)10(14)15;12-10-3-1-9(2-4-10)11(13)5-8(6-11)7-14/h1-4,7H,5-6H2,(H2,14,15);1-4,8H,5-6H2. The molecule has 2 saturated carbocycles. The molecule has 0 bridgehead atoms. The highest BCUT2D eigenvalue weighted by Gasteiger charge is 2.48. The molecule has 2 fully saturated rings. The van der Waals surface area contributed by atoms with Crippen LogP contribution in [0.2, 0.25) is 10.0 Å². The molecule has 0 atom stereocenters. The summed E-state index contributed by atoms with van der Waals surface area (Å²) in [5.41, 5.74) is 3.60. The first kappa shape index (κ1) is 21.5. The fraction of sp³-hybridized carbons (Fsp3) is 0.364. The van der Waals surface area contributed by atoms with Gasteiger partial charge in [0.15, 0.2) is 0 Å². The van der Waals surface area contributed by atoms with E-state index in [2.05, 4.69) is 6.07 Å². The van der Waals surface area contributed by atoms with Gasteiger partial charge in [0, 0.05) is 28.8 Å². The maximum Gasteiger partial charge on any atom is 0.220 e. The summed E-state index contributed by atoms with van der Waals surface area (Å²) in [6.45, 7) is 0. The normalized spacial score (nSPS) is 30.0. The highest BCUT2D eigenvalue weighted by Crippen LogP contribution is 2.49. The lowest BCUT2D eigenvalue weighted by molar-refractivity contribution is -0.131. The number of nitrogens with two attached hydrogens (primary N) is 1. The van der Waals surface area contributed by atoms with Gasteiger partial charge in [-0.05, 0) is 48.2 Å². The molecule has 2 aliphatic rings. The van der Waals surface area contributed by atoms with Gasteiger partial charge in [-0.25, -0.2) is 8.78 Å². The Morgan fingerprint density at radius 3 is 1.62 bits per heavy atom. The van der Waals surface area contributed by atoms with E-state index in [1.807, 2.05) is 0 Å². The molecule has 2 aliphatic carbocycles. The Kier molecular flexibility index (Phi) is 6.16. The Balaban J connectivity index is 0.000000166. The van der Waals surface area contributed by atoms with E-state index in [0.29, 0.717) is 34.0 Å². The highest BCUT2D eigenvalue weighted by atomic mass is 35.5. The van der Waals surface area contributed by atoms with Gasteiger partial charge >= 0.3 is 0 Å². The quantitative estimate of drug-likeness (QED) is 0.656. The number of nitrogens with zero attached hydrogens (tertiary/aromatic N) is 1. The van der Waals surface area contributed by atoms with Gasteiger partial charge < -0.3 is 5.73 Å². The fourth-order valence-electron chi connectivity index (χ4n) is 3.70. The van der Waals surface area contributed by atoms with Gasteiger partial charge in [-0.15, -0.1) is 0 Å². The Bertz CT molecular complexity index is 913. The second-order valence-corrected chi connectivity index (χ2v) is 8.56. The van der Waals surface area contributed by atoms with Crippen LogP contribution in [0.3, 0.4) is 0 Å². The van der Waals surface area contributed by atoms with Gasteiger partial charge in [-0.2, -0.15) is 5.26 Å². The number of carbonyl (C=O) groups is 1. The molecule has 3 nitrogen and oxygen atoms in total. The van der Waals surface area contributed by atoms with Gasteiger partial charge in [0.25, 0.3) is 0 Å². The molecule has 29 heavy (non-hydrogen) atoms. The summed E-state index contributed by atoms with van der Waals surface area (Å²) in [5.74, 6) is -0.876. The molecule has 1 amide bonds. The van der Waals surface area contributed by atoms with Crippen LogP contribution in [0, 0.1) is 23.2 Å². The third-order valence-electron chi connectivity index (χ3n) is 5.59. The zero-order valence-corrected chi connectivity index (χ0v) is 17.1. The molecule has 0 spiro atoms. The maximum atomic E-state index is 14.1. The van der Waals surface area contributed by atoms with Gasteiger partial charge in [0.05, 0.1) is 12.0 Å². The first-order valence-corrected chi connectivity index (χ1v) is 10.00. The second kappa shape index (κ2) is 8.30. The van der Waals surface area contributed by atoms with Crippen molar-refractivity contribution in [2.45, 2.75) is 37.0 Å². The minimum absolute atomic E-state index is 0.129. The number of amides is 1. The average Bonchev–Trinajstić information content (AvgIpc) is 2.64. The van der Waals surface area contributed by atoms with Crippen molar-refractivity contribution in [1.29, 1.82) is 5.26 Å². The number of benzene rings is 2. The molecule has 4 rings (SSSR count). The number of carbonyl (C=O) groups excluding carboxylic acids is 1. The van der Waals surface area contributed by atoms with E-state index in [-0.39, 0.29) is 24.7 Å². The number of hydrogen-bond acceptors (Lipinski definition) is 2. The van der Waals surface area contributed by atoms with Crippen LogP contribution in [-0.2, 0) is 16.1 Å². The Morgan fingerprint density at radius 2 is 1.28 bits per heavy atom. The molecular formula is C22H20Cl2F2N2O. The van der Waals surface area contributed by atoms with Crippen molar-refractivity contribution < 1.29 is 13.6 Å². The summed E-state index contributed by atoms with van der Waals surface area (Å²) in [6.07, 6.45) is 0.990. The number of hydrogen-bond donors (Lipinski definition) is 1. The molecule has 2 aromatic carbocycles. The molecule has 0 unspecified atom stereocenters. The molecule has 0 aromatic heterocycles. The number of nitriles is 1. The molecule has 7 heteroatoms. The van der Waals surface area contributed by atoms with Crippen molar-refractivity contribution >= 4 is 29.1 Å². The second-order valence-electron chi connectivity index (χ2n) is 7.69. The van der Waals surface area contributed by atoms with Crippen LogP contribution in [0.15, 0.2) is 48.5 Å². The molecule has 0 radical (unpaired) electrons. The summed E-state index contributed by atoms with van der Waals surface area (Å²) in [7, 11) is 0. The Morgan fingerprint density at radius 1 is 0.897 bits per heavy atom. The zero-order valence-electron chi connectivity index (χ0n) is 15.5. The fourth-order valence-corrected chi connectivity index (χ4v) is 3.96. The van der Waals surface area contributed by atoms with Crippen LogP contribution in [-0.4, -0.2) is 5.91 Å². The van der Waals surface area contributed by atoms with E-state index in [0.717, 1.165) is 0 Å². The molecule has 0 saturated heterocycles. The Labute approximate surface area is 178 Å². The van der Waals surface area contributed by atoms with Gasteiger partial charge in [-0.1, -0.05) is 47.5 Å². The molecule has 0 heterocycles. The minimum atomic E-state index is -1.40. The van der Waals surface area contributed by atoms with Crippen LogP contribution >= 0.6 is 23.2 Å². The summed E-state index contributed by atoms with van der Waals surface area (Å²) in [5, 5.41) is 9.75. The topological polar surface area (TPSA) is 66.9 Å². The third-order valence-corrected chi connectivity index (χ3v) is 6.09. The van der Waals surface area contributed by atoms with E-state index >= 15 is 0 Å². The van der Waals surface area contributed by atoms with E-state index in [9.17, 15) is 13.6 Å². The number of rotatable bonds is 3. The maximum absolute atomic E-state index is 14.1. The Hall–Kier alpha value is -2.16. The predicted octanol–water partition coefficient (Wildman–Crippen LogP) is 5.84. The zero-order chi connectivity index (χ0) is 21.2. The molecule has 2 N–H and O–H groups in total. The average molecular weight is 437 g/mol. The molecule has 152 valence electrons. The van der Waals surface area contributed by atoms with Crippen molar-refractivity contribution in [2.75, 3.05) is 0 Å². The first-order valence-electron chi connectivity index (χ1n) is 9.24. The van der Waals surface area contributed by atoms with Gasteiger partial charge in [0.2, 0.25) is 5.91 Å². The minimum Gasteiger partial charge on any atom is -0.369 e. The van der Waals surface area contributed by atoms with Crippen molar-refractivity contribution in [1.82, 2.24) is 0 Å². The predicted molar refractivity (Wildman–Crippen MR) is 109 cm³/mol. The summed E-state index contributed by atoms with van der Waals surface area (Å²) >= 11 is 11.4. The summed E-state index contributed by atoms with van der Waals surface area (Å²) in [4.78, 5) is 10.8. The van der Waals surface area contributed by atoms with Crippen LogP contribution < -0.4 is 5.73 Å². The third kappa shape index (κ3) is 4.71. The lowest BCUT2D eigenvalue weighted by Crippen LogP contribution is -2.43. The van der Waals surface area contributed by atoms with E-state index < -0.39 is 17.2 Å². The monoisotopic (exact) mass is 436 g/mol. The van der Waals surface area contributed by atoms with Crippen LogP contribution in [0.4, 0.5) is 8.78 Å². The molecule has 0 aliphatic heterocycles. The van der Waals surface area contributed by atoms with E-state index in [1.54, 1.807) is 48.5 Å². The number of halogens is 4. The van der Waals surface area contributed by atoms with Crippen LogP contribution in [0.5, 0.6) is 0 Å². The van der Waals surface area contributed by atoms with Crippen molar-refractivity contribution in [3.05, 3.63) is 69.7 Å². The van der Waals surface area contributed by atoms with Crippen LogP contribution in [0.1, 0.15) is 36.8 Å². The van der Waals surface area contributed by atoms with E-state index in [1.165, 1.54) is 0 Å². The van der Waals surface area contributed by atoms with Gasteiger partial charge in [-0.3, -0.25) is 4.79 Å². The first-order chi connectivity index (χ1) is 13.6. The lowest BCUT2D eigenvalue weighted by atomic mass is 9.68. The van der Waals surface area contributed by atoms with Gasteiger partial charge in [0.1, 0.15) is 11.3 Å². The largest absolute Gasteiger partial charge is 0.369 e. The smallest absolute Gasteiger partial charge is 0.220 e. The highest BCUT2D eigenvalue weighted by molar-refractivity contribution is 6.30. The van der Waals surface area contributed by atoms with E-state index in [4.69, 9.17) is 34.2 Å². The summed E-state index contributed by atoms with van der Waals surface area (Å²) in [6, 6.07) is 15.4. The van der Waals surface area contributed by atoms with Crippen molar-refractivity contribution in [3.63, 3.8) is 0 Å². The van der Waals surface area contributed by atoms with Crippen molar-refractivity contribution in [3.8, 4) is 6.07 Å². The number of primary amides is 1. The molecular weight excluding hydrogens is 417 g/mol. The van der Waals surface area contributed by atoms with Crippen molar-refractivity contribution in [2.24, 2.45) is 17.6 Å².